The van der Waals surface area contributed by atoms with Gasteiger partial charge in [-0.15, -0.1) is 5.06 Å². The number of carbonyl (C=O) groups excluding carboxylic acids is 4. The van der Waals surface area contributed by atoms with Gasteiger partial charge in [0, 0.05) is 50.1 Å². The maximum Gasteiger partial charge on any atom is 0.409 e. The predicted molar refractivity (Wildman–Crippen MR) is 188 cm³/mol. The number of rotatable bonds is 3. The Morgan fingerprint density at radius 3 is 2.02 bits per heavy atom. The van der Waals surface area contributed by atoms with Crippen LogP contribution in [-0.2, 0) is 24.0 Å². The lowest BCUT2D eigenvalue weighted by molar-refractivity contribution is -0.193. The molecule has 0 bridgehead atoms. The smallest absolute Gasteiger partial charge is 0.382 e. The number of halogens is 2. The van der Waals surface area contributed by atoms with Gasteiger partial charge in [-0.3, -0.25) is 23.2 Å². The summed E-state index contributed by atoms with van der Waals surface area (Å²) >= 11 is 6.86. The second-order valence-corrected chi connectivity index (χ2v) is 12.6. The maximum atomic E-state index is 12.1. The standard InChI is InChI=1S/C14H14BrN5O.C10H12BrN5.C8H7NO4/c1-2-4-10(21)19-7-3-5-9(19)14-18-12(15)11-13(16)17-6-8-20(11)14;11-8-7-9(12)14-4-5-16(7)10(15-8)6-2-1-3-13-6;1-2-3-8(12)13-9-6(10)4-5-7(9)11/h6,8-9H,3,5,7H2,1H3,(H2,16,17);4-6,13H,1-3H2,(H2,12,14);4-5H2,1H3/t9-;6-;/m00./s1. The van der Waals surface area contributed by atoms with Crippen molar-refractivity contribution < 1.29 is 24.0 Å². The van der Waals surface area contributed by atoms with Crippen LogP contribution in [-0.4, -0.2) is 75.5 Å². The molecule has 50 heavy (non-hydrogen) atoms. The Hall–Kier alpha value is -5.04. The molecule has 4 aromatic heterocycles. The molecule has 0 aliphatic carbocycles. The van der Waals surface area contributed by atoms with Crippen LogP contribution in [0.5, 0.6) is 0 Å². The number of aromatic nitrogens is 6. The Labute approximate surface area is 303 Å². The quantitative estimate of drug-likeness (QED) is 0.202. The van der Waals surface area contributed by atoms with E-state index in [1.165, 1.54) is 13.3 Å². The fraction of sp³-hybridized carbons (Fsp3) is 0.375. The minimum atomic E-state index is -0.897. The van der Waals surface area contributed by atoms with Gasteiger partial charge in [0.05, 0.1) is 12.1 Å². The van der Waals surface area contributed by atoms with E-state index in [9.17, 15) is 19.2 Å². The highest BCUT2D eigenvalue weighted by Gasteiger charge is 2.34. The molecule has 0 aromatic carbocycles. The largest absolute Gasteiger partial charge is 0.409 e. The van der Waals surface area contributed by atoms with Gasteiger partial charge in [0.2, 0.25) is 0 Å². The third-order valence-electron chi connectivity index (χ3n) is 7.96. The third-order valence-corrected chi connectivity index (χ3v) is 9.06. The molecule has 18 heteroatoms. The van der Waals surface area contributed by atoms with Crippen molar-refractivity contribution >= 4 is 78.2 Å². The molecule has 0 saturated carbocycles. The number of likely N-dealkylation sites (tertiary alicyclic amines) is 1. The Morgan fingerprint density at radius 1 is 0.880 bits per heavy atom. The van der Waals surface area contributed by atoms with Crippen LogP contribution < -0.4 is 16.8 Å². The number of hydroxylamine groups is 2. The van der Waals surface area contributed by atoms with Gasteiger partial charge in [-0.2, -0.15) is 0 Å². The van der Waals surface area contributed by atoms with Crippen molar-refractivity contribution in [3.63, 3.8) is 0 Å². The van der Waals surface area contributed by atoms with Crippen molar-refractivity contribution in [3.05, 3.63) is 45.6 Å². The van der Waals surface area contributed by atoms with E-state index in [4.69, 9.17) is 11.5 Å². The molecule has 0 unspecified atom stereocenters. The van der Waals surface area contributed by atoms with E-state index in [0.717, 1.165) is 53.1 Å². The molecule has 3 saturated heterocycles. The van der Waals surface area contributed by atoms with Gasteiger partial charge in [-0.25, -0.2) is 24.7 Å². The average Bonchev–Trinajstić information content (AvgIpc) is 3.93. The van der Waals surface area contributed by atoms with Crippen LogP contribution in [0.3, 0.4) is 0 Å². The summed E-state index contributed by atoms with van der Waals surface area (Å²) in [5.41, 5.74) is 13.3. The fourth-order valence-electron chi connectivity index (χ4n) is 5.79. The number of imide groups is 1. The van der Waals surface area contributed by atoms with Gasteiger partial charge in [0.25, 0.3) is 17.7 Å². The summed E-state index contributed by atoms with van der Waals surface area (Å²) in [6, 6.07) is 0.236. The number of nitrogen functional groups attached to an aromatic ring is 2. The first kappa shape index (κ1) is 36.2. The molecule has 7 rings (SSSR count). The summed E-state index contributed by atoms with van der Waals surface area (Å²) in [6.45, 7) is 4.87. The zero-order valence-corrected chi connectivity index (χ0v) is 30.3. The van der Waals surface area contributed by atoms with Crippen LogP contribution in [0.2, 0.25) is 0 Å². The first-order chi connectivity index (χ1) is 24.0. The lowest BCUT2D eigenvalue weighted by Crippen LogP contribution is -2.31. The number of anilines is 2. The highest BCUT2D eigenvalue weighted by molar-refractivity contribution is 9.10. The van der Waals surface area contributed by atoms with Gasteiger partial charge in [-0.1, -0.05) is 11.8 Å². The highest BCUT2D eigenvalue weighted by Crippen LogP contribution is 2.34. The van der Waals surface area contributed by atoms with Gasteiger partial charge < -0.3 is 26.5 Å². The number of nitrogens with two attached hydrogens (primary N) is 2. The highest BCUT2D eigenvalue weighted by atomic mass is 79.9. The minimum absolute atomic E-state index is 0.0843. The molecule has 0 spiro atoms. The molecule has 7 heterocycles. The van der Waals surface area contributed by atoms with Crippen molar-refractivity contribution in [1.29, 1.82) is 0 Å². The van der Waals surface area contributed by atoms with Crippen LogP contribution in [0.15, 0.2) is 34.0 Å². The van der Waals surface area contributed by atoms with Gasteiger partial charge in [0.1, 0.15) is 31.9 Å². The second kappa shape index (κ2) is 16.1. The topological polar surface area (TPSA) is 208 Å². The number of carbonyl (C=O) groups is 4. The molecular formula is C32H33Br2N11O5. The number of amides is 3. The molecule has 2 atom stereocenters. The van der Waals surface area contributed by atoms with E-state index in [0.29, 0.717) is 33.9 Å². The number of fused-ring (bicyclic) bond motifs is 2. The summed E-state index contributed by atoms with van der Waals surface area (Å²) < 4.78 is 5.31. The molecule has 3 amide bonds. The summed E-state index contributed by atoms with van der Waals surface area (Å²) in [7, 11) is 0. The van der Waals surface area contributed by atoms with Gasteiger partial charge in [-0.05, 0) is 83.9 Å². The Bertz CT molecular complexity index is 2070. The number of nitrogens with zero attached hydrogens (tertiary/aromatic N) is 8. The number of hydrogen-bond donors (Lipinski definition) is 3. The normalized spacial score (nSPS) is 18.1. The van der Waals surface area contributed by atoms with Crippen molar-refractivity contribution in [2.45, 2.75) is 64.5 Å². The molecular weight excluding hydrogens is 778 g/mol. The van der Waals surface area contributed by atoms with Crippen LogP contribution >= 0.6 is 31.9 Å². The molecule has 0 radical (unpaired) electrons. The Kier molecular flexibility index (Phi) is 11.7. The first-order valence-corrected chi connectivity index (χ1v) is 17.2. The van der Waals surface area contributed by atoms with E-state index in [-0.39, 0.29) is 24.8 Å². The van der Waals surface area contributed by atoms with Crippen LogP contribution in [0.4, 0.5) is 11.6 Å². The minimum Gasteiger partial charge on any atom is -0.382 e. The van der Waals surface area contributed by atoms with Crippen molar-refractivity contribution in [1.82, 2.24) is 44.0 Å². The first-order valence-electron chi connectivity index (χ1n) is 15.6. The van der Waals surface area contributed by atoms with E-state index >= 15 is 0 Å². The van der Waals surface area contributed by atoms with Crippen molar-refractivity contribution in [3.8, 4) is 23.7 Å². The molecule has 3 fully saturated rings. The van der Waals surface area contributed by atoms with E-state index < -0.39 is 17.8 Å². The third kappa shape index (κ3) is 7.72. The fourth-order valence-corrected chi connectivity index (χ4v) is 6.95. The molecule has 5 N–H and O–H groups in total. The van der Waals surface area contributed by atoms with E-state index in [1.807, 2.05) is 21.2 Å². The zero-order valence-electron chi connectivity index (χ0n) is 27.2. The average molecular weight is 811 g/mol. The summed E-state index contributed by atoms with van der Waals surface area (Å²) in [6.07, 6.45) is 11.3. The monoisotopic (exact) mass is 809 g/mol. The second-order valence-electron chi connectivity index (χ2n) is 11.1. The molecule has 4 aromatic rings. The summed E-state index contributed by atoms with van der Waals surface area (Å²) in [5, 5.41) is 3.90. The maximum absolute atomic E-state index is 12.1. The number of imidazole rings is 2. The number of nitrogens with one attached hydrogen (secondary N) is 1. The van der Waals surface area contributed by atoms with E-state index in [2.05, 4.69) is 85.6 Å². The molecule has 3 aliphatic rings. The predicted octanol–water partition coefficient (Wildman–Crippen LogP) is 2.88. The summed E-state index contributed by atoms with van der Waals surface area (Å²) in [5.74, 6) is 10.3. The van der Waals surface area contributed by atoms with E-state index in [1.54, 1.807) is 24.2 Å². The lowest BCUT2D eigenvalue weighted by Gasteiger charge is -2.21. The van der Waals surface area contributed by atoms with Gasteiger partial charge in [0.15, 0.2) is 11.6 Å². The lowest BCUT2D eigenvalue weighted by atomic mass is 10.2. The zero-order chi connectivity index (χ0) is 35.9. The van der Waals surface area contributed by atoms with Crippen LogP contribution in [0.1, 0.15) is 76.1 Å². The Balaban J connectivity index is 0.000000151. The van der Waals surface area contributed by atoms with Crippen molar-refractivity contribution in [2.75, 3.05) is 24.6 Å². The molecule has 260 valence electrons. The Morgan fingerprint density at radius 2 is 1.46 bits per heavy atom. The van der Waals surface area contributed by atoms with Crippen LogP contribution in [0, 0.1) is 23.7 Å². The van der Waals surface area contributed by atoms with Gasteiger partial charge >= 0.3 is 5.97 Å². The number of hydrogen-bond acceptors (Lipinski definition) is 12. The van der Waals surface area contributed by atoms with Crippen LogP contribution in [0.25, 0.3) is 11.0 Å². The molecule has 3 aliphatic heterocycles. The summed E-state index contributed by atoms with van der Waals surface area (Å²) in [4.78, 5) is 68.1. The van der Waals surface area contributed by atoms with Crippen molar-refractivity contribution in [2.24, 2.45) is 0 Å². The SMILES string of the molecule is CC#CC(=O)N1CCC[C@H]1c1nc(Br)c2c(N)nccn12.CC#CC(=O)ON1C(=O)CCC1=O.Nc1nccn2c([C@@H]3CCCN3)nc(Br)c12. The molecule has 16 nitrogen and oxygen atoms in total.